The molecular weight excluding hydrogens is 328 g/mol. The van der Waals surface area contributed by atoms with E-state index in [0.717, 1.165) is 44.9 Å². The van der Waals surface area contributed by atoms with Gasteiger partial charge in [0.1, 0.15) is 0 Å². The first-order valence-corrected chi connectivity index (χ1v) is 9.69. The summed E-state index contributed by atoms with van der Waals surface area (Å²) in [5, 5.41) is 0. The van der Waals surface area contributed by atoms with Gasteiger partial charge in [-0.3, -0.25) is 0 Å². The van der Waals surface area contributed by atoms with Crippen molar-refractivity contribution in [1.82, 2.24) is 0 Å². The SMILES string of the molecule is CC1CCC(/C=C/C2=CC=C(C3CCCCC3)C(F)(F)C2(F)F)CC1. The van der Waals surface area contributed by atoms with Gasteiger partial charge in [-0.15, -0.1) is 0 Å². The molecule has 0 radical (unpaired) electrons. The van der Waals surface area contributed by atoms with Gasteiger partial charge in [-0.25, -0.2) is 0 Å². The fourth-order valence-corrected chi connectivity index (χ4v) is 4.44. The summed E-state index contributed by atoms with van der Waals surface area (Å²) in [5.41, 5.74) is -0.906. The van der Waals surface area contributed by atoms with Crippen LogP contribution in [0.2, 0.25) is 0 Å². The molecule has 3 rings (SSSR count). The summed E-state index contributed by atoms with van der Waals surface area (Å²) >= 11 is 0. The van der Waals surface area contributed by atoms with Crippen molar-refractivity contribution in [2.45, 2.75) is 76.6 Å². The van der Waals surface area contributed by atoms with Crippen molar-refractivity contribution in [3.8, 4) is 0 Å². The highest BCUT2D eigenvalue weighted by Crippen LogP contribution is 2.52. The molecule has 2 saturated carbocycles. The van der Waals surface area contributed by atoms with Crippen LogP contribution in [-0.4, -0.2) is 11.8 Å². The summed E-state index contributed by atoms with van der Waals surface area (Å²) in [7, 11) is 0. The second-order valence-electron chi connectivity index (χ2n) is 8.11. The quantitative estimate of drug-likeness (QED) is 0.474. The van der Waals surface area contributed by atoms with Gasteiger partial charge in [0.25, 0.3) is 0 Å². The molecule has 0 unspecified atom stereocenters. The van der Waals surface area contributed by atoms with Gasteiger partial charge in [-0.05, 0) is 43.4 Å². The van der Waals surface area contributed by atoms with Crippen LogP contribution in [0.1, 0.15) is 64.7 Å². The van der Waals surface area contributed by atoms with Gasteiger partial charge in [0.15, 0.2) is 0 Å². The van der Waals surface area contributed by atoms with Gasteiger partial charge >= 0.3 is 11.8 Å². The third-order valence-corrected chi connectivity index (χ3v) is 6.22. The van der Waals surface area contributed by atoms with Crippen molar-refractivity contribution in [3.05, 3.63) is 35.5 Å². The molecule has 0 aromatic heterocycles. The molecule has 0 amide bonds. The standard InChI is InChI=1S/C21H28F4/c1-15-7-9-16(10-8-15)11-12-18-13-14-19(17-5-3-2-4-6-17)21(24,25)20(18,22)23/h11-17H,2-10H2,1H3/b12-11+. The Morgan fingerprint density at radius 2 is 1.48 bits per heavy atom. The summed E-state index contributed by atoms with van der Waals surface area (Å²) in [6.45, 7) is 2.19. The Kier molecular flexibility index (Phi) is 5.45. The molecule has 2 fully saturated rings. The van der Waals surface area contributed by atoms with Crippen molar-refractivity contribution in [2.24, 2.45) is 17.8 Å². The molecule has 0 heterocycles. The topological polar surface area (TPSA) is 0 Å². The van der Waals surface area contributed by atoms with E-state index in [-0.39, 0.29) is 11.5 Å². The highest BCUT2D eigenvalue weighted by atomic mass is 19.3. The van der Waals surface area contributed by atoms with Crippen molar-refractivity contribution in [2.75, 3.05) is 0 Å². The first-order valence-electron chi connectivity index (χ1n) is 9.69. The average molecular weight is 356 g/mol. The van der Waals surface area contributed by atoms with Gasteiger partial charge in [-0.2, -0.15) is 17.6 Å². The van der Waals surface area contributed by atoms with Crippen LogP contribution in [-0.2, 0) is 0 Å². The Morgan fingerprint density at radius 1 is 0.840 bits per heavy atom. The van der Waals surface area contributed by atoms with E-state index < -0.39 is 23.3 Å². The molecular formula is C21H28F4. The van der Waals surface area contributed by atoms with E-state index in [0.29, 0.717) is 18.8 Å². The van der Waals surface area contributed by atoms with E-state index in [2.05, 4.69) is 6.92 Å². The van der Waals surface area contributed by atoms with Crippen LogP contribution in [0.4, 0.5) is 17.6 Å². The maximum atomic E-state index is 14.6. The molecule has 25 heavy (non-hydrogen) atoms. The summed E-state index contributed by atoms with van der Waals surface area (Å²) in [5.74, 6) is -7.70. The van der Waals surface area contributed by atoms with E-state index in [9.17, 15) is 17.6 Å². The Bertz CT molecular complexity index is 556. The van der Waals surface area contributed by atoms with Gasteiger partial charge in [0.2, 0.25) is 0 Å². The molecule has 0 spiro atoms. The zero-order valence-electron chi connectivity index (χ0n) is 14.9. The van der Waals surface area contributed by atoms with Crippen molar-refractivity contribution in [1.29, 1.82) is 0 Å². The fraction of sp³-hybridized carbons (Fsp3) is 0.714. The molecule has 0 aromatic carbocycles. The second-order valence-corrected chi connectivity index (χ2v) is 8.11. The zero-order valence-corrected chi connectivity index (χ0v) is 14.9. The van der Waals surface area contributed by atoms with Gasteiger partial charge in [0.05, 0.1) is 0 Å². The van der Waals surface area contributed by atoms with Crippen molar-refractivity contribution < 1.29 is 17.6 Å². The third-order valence-electron chi connectivity index (χ3n) is 6.22. The molecule has 140 valence electrons. The Hall–Kier alpha value is -1.06. The first kappa shape index (κ1) is 18.7. The molecule has 0 aliphatic heterocycles. The van der Waals surface area contributed by atoms with E-state index in [1.807, 2.05) is 0 Å². The summed E-state index contributed by atoms with van der Waals surface area (Å²) in [6, 6.07) is 0. The minimum Gasteiger partial charge on any atom is -0.194 e. The van der Waals surface area contributed by atoms with E-state index in [1.54, 1.807) is 6.08 Å². The summed E-state index contributed by atoms with van der Waals surface area (Å²) in [4.78, 5) is 0. The number of rotatable bonds is 3. The van der Waals surface area contributed by atoms with Gasteiger partial charge < -0.3 is 0 Å². The molecule has 0 aromatic rings. The molecule has 0 saturated heterocycles. The van der Waals surface area contributed by atoms with E-state index in [4.69, 9.17) is 0 Å². The fourth-order valence-electron chi connectivity index (χ4n) is 4.44. The lowest BCUT2D eigenvalue weighted by atomic mass is 9.76. The van der Waals surface area contributed by atoms with Crippen LogP contribution in [0.15, 0.2) is 35.5 Å². The van der Waals surface area contributed by atoms with Gasteiger partial charge in [0, 0.05) is 11.1 Å². The molecule has 3 aliphatic rings. The number of allylic oxidation sites excluding steroid dienone is 6. The smallest absolute Gasteiger partial charge is 0.194 e. The van der Waals surface area contributed by atoms with Crippen LogP contribution in [0.3, 0.4) is 0 Å². The molecule has 3 aliphatic carbocycles. The normalized spacial score (nSPS) is 33.2. The maximum absolute atomic E-state index is 14.6. The van der Waals surface area contributed by atoms with Crippen molar-refractivity contribution in [3.63, 3.8) is 0 Å². The van der Waals surface area contributed by atoms with Gasteiger partial charge in [-0.1, -0.05) is 63.3 Å². The maximum Gasteiger partial charge on any atom is 0.339 e. The molecule has 0 nitrogen and oxygen atoms in total. The van der Waals surface area contributed by atoms with Crippen LogP contribution in [0.5, 0.6) is 0 Å². The first-order chi connectivity index (χ1) is 11.8. The molecule has 0 bridgehead atoms. The van der Waals surface area contributed by atoms with Crippen LogP contribution >= 0.6 is 0 Å². The lowest BCUT2D eigenvalue weighted by Gasteiger charge is -2.37. The predicted molar refractivity (Wildman–Crippen MR) is 92.9 cm³/mol. The minimum absolute atomic E-state index is 0.227. The predicted octanol–water partition coefficient (Wildman–Crippen LogP) is 7.09. The summed E-state index contributed by atoms with van der Waals surface area (Å²) < 4.78 is 58.3. The monoisotopic (exact) mass is 356 g/mol. The highest BCUT2D eigenvalue weighted by Gasteiger charge is 2.62. The third kappa shape index (κ3) is 3.73. The number of halogens is 4. The Morgan fingerprint density at radius 3 is 2.12 bits per heavy atom. The van der Waals surface area contributed by atoms with Crippen LogP contribution in [0.25, 0.3) is 0 Å². The highest BCUT2D eigenvalue weighted by molar-refractivity contribution is 5.44. The Balaban J connectivity index is 1.79. The number of hydrogen-bond acceptors (Lipinski definition) is 0. The Labute approximate surface area is 148 Å². The minimum atomic E-state index is -4.12. The van der Waals surface area contributed by atoms with Crippen LogP contribution < -0.4 is 0 Å². The van der Waals surface area contributed by atoms with E-state index in [1.165, 1.54) is 18.2 Å². The average Bonchev–Trinajstić information content (AvgIpc) is 2.58. The second kappa shape index (κ2) is 7.28. The molecule has 4 heteroatoms. The molecule has 0 N–H and O–H groups in total. The number of hydrogen-bond donors (Lipinski definition) is 0. The largest absolute Gasteiger partial charge is 0.339 e. The molecule has 0 atom stereocenters. The summed E-state index contributed by atoms with van der Waals surface area (Å²) in [6.07, 6.45) is 13.4. The van der Waals surface area contributed by atoms with Crippen LogP contribution in [0, 0.1) is 17.8 Å². The van der Waals surface area contributed by atoms with E-state index >= 15 is 0 Å². The lowest BCUT2D eigenvalue weighted by molar-refractivity contribution is -0.166. The lowest BCUT2D eigenvalue weighted by Crippen LogP contribution is -2.47. The van der Waals surface area contributed by atoms with Crippen molar-refractivity contribution >= 4 is 0 Å². The zero-order chi connectivity index (χ0) is 18.1. The number of alkyl halides is 4.